The van der Waals surface area contributed by atoms with Crippen LogP contribution in [0, 0.1) is 6.92 Å². The number of nitrogens with one attached hydrogen (secondary N) is 1. The molecule has 1 aromatic carbocycles. The molecule has 1 fully saturated rings. The number of benzene rings is 1. The Labute approximate surface area is 121 Å². The third-order valence-corrected chi connectivity index (χ3v) is 3.67. The van der Waals surface area contributed by atoms with E-state index < -0.39 is 0 Å². The molecular formula is C16H24N2O2. The summed E-state index contributed by atoms with van der Waals surface area (Å²) in [4.78, 5) is 14.0. The summed E-state index contributed by atoms with van der Waals surface area (Å²) in [5.41, 5.74) is 2.37. The van der Waals surface area contributed by atoms with E-state index in [-0.39, 0.29) is 18.2 Å². The molecule has 0 saturated carbocycles. The summed E-state index contributed by atoms with van der Waals surface area (Å²) in [6, 6.07) is 8.46. The van der Waals surface area contributed by atoms with Crippen LogP contribution in [-0.4, -0.2) is 36.7 Å². The molecule has 0 spiro atoms. The predicted octanol–water partition coefficient (Wildman–Crippen LogP) is 2.88. The van der Waals surface area contributed by atoms with Crippen LogP contribution < -0.4 is 5.32 Å². The van der Waals surface area contributed by atoms with Crippen molar-refractivity contribution in [3.63, 3.8) is 0 Å². The van der Waals surface area contributed by atoms with Crippen molar-refractivity contribution < 1.29 is 9.53 Å². The number of amides is 2. The van der Waals surface area contributed by atoms with Gasteiger partial charge in [0.25, 0.3) is 0 Å². The highest BCUT2D eigenvalue weighted by Crippen LogP contribution is 2.25. The van der Waals surface area contributed by atoms with Crippen molar-refractivity contribution in [1.29, 1.82) is 0 Å². The first-order valence-electron chi connectivity index (χ1n) is 7.34. The predicted molar refractivity (Wildman–Crippen MR) is 79.7 cm³/mol. The van der Waals surface area contributed by atoms with Gasteiger partial charge < -0.3 is 15.0 Å². The first-order valence-corrected chi connectivity index (χ1v) is 7.34. The van der Waals surface area contributed by atoms with Gasteiger partial charge in [0.1, 0.15) is 6.10 Å². The number of nitrogens with zero attached hydrogens (tertiary/aromatic N) is 1. The van der Waals surface area contributed by atoms with Crippen LogP contribution in [0.15, 0.2) is 24.3 Å². The molecule has 2 rings (SSSR count). The number of ether oxygens (including phenoxy) is 1. The van der Waals surface area contributed by atoms with E-state index in [1.54, 1.807) is 0 Å². The molecule has 0 aliphatic carbocycles. The van der Waals surface area contributed by atoms with Crippen LogP contribution in [0.25, 0.3) is 0 Å². The lowest BCUT2D eigenvalue weighted by molar-refractivity contribution is -0.0427. The minimum Gasteiger partial charge on any atom is -0.370 e. The van der Waals surface area contributed by atoms with E-state index in [0.29, 0.717) is 13.2 Å². The Bertz CT molecular complexity index is 444. The lowest BCUT2D eigenvalue weighted by atomic mass is 10.0. The molecule has 1 N–H and O–H groups in total. The fourth-order valence-corrected chi connectivity index (χ4v) is 2.36. The topological polar surface area (TPSA) is 41.6 Å². The van der Waals surface area contributed by atoms with Crippen molar-refractivity contribution in [2.75, 3.05) is 19.7 Å². The van der Waals surface area contributed by atoms with Crippen molar-refractivity contribution in [1.82, 2.24) is 10.2 Å². The highest BCUT2D eigenvalue weighted by atomic mass is 16.5. The second-order valence-electron chi connectivity index (χ2n) is 5.47. The monoisotopic (exact) mass is 276 g/mol. The zero-order valence-corrected chi connectivity index (χ0v) is 12.6. The van der Waals surface area contributed by atoms with Gasteiger partial charge in [0.05, 0.1) is 19.2 Å². The summed E-state index contributed by atoms with van der Waals surface area (Å²) >= 11 is 0. The van der Waals surface area contributed by atoms with Crippen LogP contribution >= 0.6 is 0 Å². The van der Waals surface area contributed by atoms with Crippen LogP contribution in [0.3, 0.4) is 0 Å². The Morgan fingerprint density at radius 1 is 1.40 bits per heavy atom. The minimum absolute atomic E-state index is 0.0137. The van der Waals surface area contributed by atoms with E-state index in [9.17, 15) is 4.79 Å². The molecule has 2 unspecified atom stereocenters. The maximum atomic E-state index is 12.2. The fraction of sp³-hybridized carbons (Fsp3) is 0.562. The Kier molecular flexibility index (Phi) is 5.01. The first kappa shape index (κ1) is 14.9. The van der Waals surface area contributed by atoms with Gasteiger partial charge in [-0.15, -0.1) is 0 Å². The van der Waals surface area contributed by atoms with Gasteiger partial charge in [0.15, 0.2) is 0 Å². The smallest absolute Gasteiger partial charge is 0.317 e. The molecule has 1 saturated heterocycles. The zero-order chi connectivity index (χ0) is 14.5. The third kappa shape index (κ3) is 3.51. The molecule has 1 aromatic rings. The second kappa shape index (κ2) is 6.75. The Balaban J connectivity index is 2.03. The van der Waals surface area contributed by atoms with Gasteiger partial charge in [-0.2, -0.15) is 0 Å². The van der Waals surface area contributed by atoms with Gasteiger partial charge in [0.2, 0.25) is 0 Å². The molecule has 2 amide bonds. The molecule has 4 heteroatoms. The maximum absolute atomic E-state index is 12.2. The van der Waals surface area contributed by atoms with Crippen molar-refractivity contribution in [3.05, 3.63) is 35.4 Å². The number of carbonyl (C=O) groups excluding carboxylic acids is 1. The van der Waals surface area contributed by atoms with Gasteiger partial charge in [0, 0.05) is 6.54 Å². The average Bonchev–Trinajstić information content (AvgIpc) is 2.46. The minimum atomic E-state index is -0.0285. The van der Waals surface area contributed by atoms with Crippen LogP contribution in [0.1, 0.15) is 37.5 Å². The molecule has 110 valence electrons. The molecule has 1 aliphatic rings. The van der Waals surface area contributed by atoms with Gasteiger partial charge in [-0.1, -0.05) is 36.8 Å². The summed E-state index contributed by atoms with van der Waals surface area (Å²) in [7, 11) is 0. The Morgan fingerprint density at radius 3 is 2.75 bits per heavy atom. The van der Waals surface area contributed by atoms with Gasteiger partial charge in [-0.05, 0) is 25.8 Å². The molecular weight excluding hydrogens is 252 g/mol. The number of hydrogen-bond acceptors (Lipinski definition) is 2. The van der Waals surface area contributed by atoms with Crippen LogP contribution in [-0.2, 0) is 4.74 Å². The number of aryl methyl sites for hydroxylation is 1. The number of hydrogen-bond donors (Lipinski definition) is 1. The summed E-state index contributed by atoms with van der Waals surface area (Å²) < 4.78 is 5.88. The van der Waals surface area contributed by atoms with E-state index in [4.69, 9.17) is 4.74 Å². The van der Waals surface area contributed by atoms with Crippen molar-refractivity contribution in [3.8, 4) is 0 Å². The SMILES string of the molecule is CCCNC(=O)N1CC(c2ccc(C)cc2)OCC1C. The quantitative estimate of drug-likeness (QED) is 0.922. The molecule has 2 atom stereocenters. The van der Waals surface area contributed by atoms with Crippen LogP contribution in [0.5, 0.6) is 0 Å². The number of morpholine rings is 1. The number of carbonyl (C=O) groups is 1. The molecule has 0 bridgehead atoms. The summed E-state index contributed by atoms with van der Waals surface area (Å²) in [6.07, 6.45) is 0.922. The molecule has 1 aliphatic heterocycles. The molecule has 0 aromatic heterocycles. The van der Waals surface area contributed by atoms with Crippen molar-refractivity contribution >= 4 is 6.03 Å². The molecule has 4 nitrogen and oxygen atoms in total. The lowest BCUT2D eigenvalue weighted by Gasteiger charge is -2.38. The van der Waals surface area contributed by atoms with E-state index in [1.165, 1.54) is 5.56 Å². The Hall–Kier alpha value is -1.55. The molecule has 0 radical (unpaired) electrons. The third-order valence-electron chi connectivity index (χ3n) is 3.67. The normalized spacial score (nSPS) is 22.6. The standard InChI is InChI=1S/C16H24N2O2/c1-4-9-17-16(19)18-10-15(20-11-13(18)3)14-7-5-12(2)6-8-14/h5-8,13,15H,4,9-11H2,1-3H3,(H,17,19). The first-order chi connectivity index (χ1) is 9.61. The lowest BCUT2D eigenvalue weighted by Crippen LogP contribution is -2.52. The van der Waals surface area contributed by atoms with Crippen molar-refractivity contribution in [2.45, 2.75) is 39.3 Å². The maximum Gasteiger partial charge on any atom is 0.317 e. The van der Waals surface area contributed by atoms with Gasteiger partial charge in [-0.25, -0.2) is 4.79 Å². The summed E-state index contributed by atoms with van der Waals surface area (Å²) in [6.45, 7) is 8.06. The summed E-state index contributed by atoms with van der Waals surface area (Å²) in [5, 5.41) is 2.95. The highest BCUT2D eigenvalue weighted by molar-refractivity contribution is 5.74. The summed E-state index contributed by atoms with van der Waals surface area (Å²) in [5.74, 6) is 0. The van der Waals surface area contributed by atoms with Crippen LogP contribution in [0.2, 0.25) is 0 Å². The Morgan fingerprint density at radius 2 is 2.10 bits per heavy atom. The average molecular weight is 276 g/mol. The number of rotatable bonds is 3. The van der Waals surface area contributed by atoms with E-state index in [2.05, 4.69) is 43.4 Å². The van der Waals surface area contributed by atoms with E-state index >= 15 is 0 Å². The largest absolute Gasteiger partial charge is 0.370 e. The molecule has 20 heavy (non-hydrogen) atoms. The van der Waals surface area contributed by atoms with Crippen LogP contribution in [0.4, 0.5) is 4.79 Å². The van der Waals surface area contributed by atoms with Gasteiger partial charge in [-0.3, -0.25) is 0 Å². The fourth-order valence-electron chi connectivity index (χ4n) is 2.36. The van der Waals surface area contributed by atoms with Crippen molar-refractivity contribution in [2.24, 2.45) is 0 Å². The zero-order valence-electron chi connectivity index (χ0n) is 12.6. The highest BCUT2D eigenvalue weighted by Gasteiger charge is 2.30. The van der Waals surface area contributed by atoms with E-state index in [0.717, 1.165) is 18.5 Å². The number of urea groups is 1. The van der Waals surface area contributed by atoms with Gasteiger partial charge >= 0.3 is 6.03 Å². The molecule has 1 heterocycles. The van der Waals surface area contributed by atoms with E-state index in [1.807, 2.05) is 11.8 Å². The second-order valence-corrected chi connectivity index (χ2v) is 5.47.